The summed E-state index contributed by atoms with van der Waals surface area (Å²) in [6.07, 6.45) is 0.706. The van der Waals surface area contributed by atoms with E-state index in [-0.39, 0.29) is 18.4 Å². The summed E-state index contributed by atoms with van der Waals surface area (Å²) in [6, 6.07) is 8.43. The van der Waals surface area contributed by atoms with Crippen LogP contribution in [0.1, 0.15) is 20.0 Å². The molecule has 2 aromatic rings. The van der Waals surface area contributed by atoms with Gasteiger partial charge in [0, 0.05) is 31.7 Å². The highest BCUT2D eigenvalue weighted by atomic mass is 32.1. The Bertz CT molecular complexity index is 814. The average molecular weight is 388 g/mol. The maximum atomic E-state index is 12.4. The number of rotatable bonds is 6. The Labute approximate surface area is 161 Å². The van der Waals surface area contributed by atoms with Gasteiger partial charge in [-0.2, -0.15) is 0 Å². The van der Waals surface area contributed by atoms with E-state index in [9.17, 15) is 14.4 Å². The smallest absolute Gasteiger partial charge is 0.264 e. The molecule has 0 bridgehead atoms. The lowest BCUT2D eigenvalue weighted by atomic mass is 10.2. The molecule has 8 heteroatoms. The Balaban J connectivity index is 1.53. The fourth-order valence-electron chi connectivity index (χ4n) is 2.83. The van der Waals surface area contributed by atoms with E-state index in [1.807, 2.05) is 11.4 Å². The zero-order valence-electron chi connectivity index (χ0n) is 14.9. The van der Waals surface area contributed by atoms with Gasteiger partial charge in [-0.3, -0.25) is 14.4 Å². The number of hydrogen-bond acceptors (Lipinski definition) is 6. The molecule has 1 fully saturated rings. The molecule has 7 nitrogen and oxygen atoms in total. The van der Waals surface area contributed by atoms with E-state index in [0.717, 1.165) is 0 Å². The van der Waals surface area contributed by atoms with E-state index >= 15 is 0 Å². The summed E-state index contributed by atoms with van der Waals surface area (Å²) in [7, 11) is 1.49. The third-order valence-corrected chi connectivity index (χ3v) is 5.18. The van der Waals surface area contributed by atoms with Crippen LogP contribution in [-0.4, -0.2) is 67.8 Å². The summed E-state index contributed by atoms with van der Waals surface area (Å²) < 4.78 is 10.8. The van der Waals surface area contributed by atoms with E-state index in [4.69, 9.17) is 9.47 Å². The maximum absolute atomic E-state index is 12.4. The van der Waals surface area contributed by atoms with Gasteiger partial charge in [-0.1, -0.05) is 6.07 Å². The van der Waals surface area contributed by atoms with Gasteiger partial charge in [0.2, 0.25) is 0 Å². The molecule has 2 heterocycles. The molecule has 1 aliphatic rings. The molecule has 0 radical (unpaired) electrons. The van der Waals surface area contributed by atoms with Crippen molar-refractivity contribution in [3.05, 3.63) is 46.2 Å². The molecule has 0 aliphatic carbocycles. The zero-order chi connectivity index (χ0) is 19.2. The third-order valence-electron chi connectivity index (χ3n) is 4.33. The molecule has 1 saturated heterocycles. The van der Waals surface area contributed by atoms with E-state index in [1.54, 1.807) is 28.0 Å². The normalized spacial score (nSPS) is 14.0. The van der Waals surface area contributed by atoms with Gasteiger partial charge in [-0.05, 0) is 29.6 Å². The first-order valence-corrected chi connectivity index (χ1v) is 9.37. The van der Waals surface area contributed by atoms with Gasteiger partial charge in [0.05, 0.1) is 12.0 Å². The molecule has 1 aromatic heterocycles. The molecular weight excluding hydrogens is 368 g/mol. The number of carbonyl (C=O) groups excluding carboxylic acids is 3. The van der Waals surface area contributed by atoms with E-state index in [2.05, 4.69) is 0 Å². The molecule has 142 valence electrons. The lowest BCUT2D eigenvalue weighted by Crippen LogP contribution is -2.51. The van der Waals surface area contributed by atoms with Crippen LogP contribution in [0, 0.1) is 0 Å². The SMILES string of the molecule is COc1ccc(C=O)cc1OCC(=O)N1CCN(C(=O)c2cccs2)CC1. The summed E-state index contributed by atoms with van der Waals surface area (Å²) in [4.78, 5) is 39.8. The number of hydrogen-bond donors (Lipinski definition) is 0. The van der Waals surface area contributed by atoms with Crippen molar-refractivity contribution < 1.29 is 23.9 Å². The van der Waals surface area contributed by atoms with Crippen LogP contribution in [0.15, 0.2) is 35.7 Å². The summed E-state index contributed by atoms with van der Waals surface area (Å²) in [5.74, 6) is 0.641. The largest absolute Gasteiger partial charge is 0.493 e. The number of nitrogens with zero attached hydrogens (tertiary/aromatic N) is 2. The summed E-state index contributed by atoms with van der Waals surface area (Å²) in [6.45, 7) is 1.76. The highest BCUT2D eigenvalue weighted by Crippen LogP contribution is 2.27. The molecule has 0 unspecified atom stereocenters. The number of aldehydes is 1. The molecule has 0 saturated carbocycles. The van der Waals surface area contributed by atoms with Crippen LogP contribution in [0.3, 0.4) is 0 Å². The molecule has 0 atom stereocenters. The summed E-state index contributed by atoms with van der Waals surface area (Å²) >= 11 is 1.42. The van der Waals surface area contributed by atoms with Crippen LogP contribution in [-0.2, 0) is 4.79 Å². The first kappa shape index (κ1) is 18.9. The fourth-order valence-corrected chi connectivity index (χ4v) is 3.52. The number of ether oxygens (including phenoxy) is 2. The number of piperazine rings is 1. The minimum absolute atomic E-state index is 0.00348. The summed E-state index contributed by atoms with van der Waals surface area (Å²) in [5.41, 5.74) is 0.443. The van der Waals surface area contributed by atoms with Crippen molar-refractivity contribution in [3.8, 4) is 11.5 Å². The minimum atomic E-state index is -0.170. The second kappa shape index (κ2) is 8.68. The molecule has 1 aromatic carbocycles. The van der Waals surface area contributed by atoms with E-state index in [0.29, 0.717) is 54.4 Å². The Kier molecular flexibility index (Phi) is 6.08. The Hall–Kier alpha value is -2.87. The van der Waals surface area contributed by atoms with Crippen molar-refractivity contribution in [2.45, 2.75) is 0 Å². The first-order valence-electron chi connectivity index (χ1n) is 8.49. The predicted molar refractivity (Wildman–Crippen MR) is 101 cm³/mol. The molecule has 1 aliphatic heterocycles. The molecule has 0 spiro atoms. The number of carbonyl (C=O) groups is 3. The van der Waals surface area contributed by atoms with Crippen LogP contribution in [0.4, 0.5) is 0 Å². The van der Waals surface area contributed by atoms with Crippen LogP contribution >= 0.6 is 11.3 Å². The van der Waals surface area contributed by atoms with Gasteiger partial charge in [-0.15, -0.1) is 11.3 Å². The van der Waals surface area contributed by atoms with Gasteiger partial charge in [0.15, 0.2) is 18.1 Å². The van der Waals surface area contributed by atoms with Gasteiger partial charge >= 0.3 is 0 Å². The van der Waals surface area contributed by atoms with Crippen molar-refractivity contribution in [3.63, 3.8) is 0 Å². The van der Waals surface area contributed by atoms with Crippen molar-refractivity contribution in [2.24, 2.45) is 0 Å². The van der Waals surface area contributed by atoms with Gasteiger partial charge < -0.3 is 19.3 Å². The highest BCUT2D eigenvalue weighted by molar-refractivity contribution is 7.12. The standard InChI is InChI=1S/C19H20N2O5S/c1-25-15-5-4-14(12-22)11-16(15)26-13-18(23)20-6-8-21(9-7-20)19(24)17-3-2-10-27-17/h2-5,10-12H,6-9,13H2,1H3. The zero-order valence-corrected chi connectivity index (χ0v) is 15.7. The monoisotopic (exact) mass is 388 g/mol. The topological polar surface area (TPSA) is 76.2 Å². The first-order chi connectivity index (χ1) is 13.1. The van der Waals surface area contributed by atoms with Gasteiger partial charge in [0.25, 0.3) is 11.8 Å². The lowest BCUT2D eigenvalue weighted by molar-refractivity contribution is -0.134. The van der Waals surface area contributed by atoms with Gasteiger partial charge in [0.1, 0.15) is 6.29 Å². The lowest BCUT2D eigenvalue weighted by Gasteiger charge is -2.34. The highest BCUT2D eigenvalue weighted by Gasteiger charge is 2.25. The van der Waals surface area contributed by atoms with E-state index < -0.39 is 0 Å². The van der Waals surface area contributed by atoms with Crippen LogP contribution in [0.5, 0.6) is 11.5 Å². The Morgan fingerprint density at radius 2 is 1.85 bits per heavy atom. The average Bonchev–Trinajstić information content (AvgIpc) is 3.26. The fraction of sp³-hybridized carbons (Fsp3) is 0.316. The molecule has 2 amide bonds. The maximum Gasteiger partial charge on any atom is 0.264 e. The second-order valence-electron chi connectivity index (χ2n) is 5.97. The molecule has 3 rings (SSSR count). The molecule has 0 N–H and O–H groups in total. The van der Waals surface area contributed by atoms with Crippen LogP contribution < -0.4 is 9.47 Å². The Morgan fingerprint density at radius 1 is 1.11 bits per heavy atom. The minimum Gasteiger partial charge on any atom is -0.493 e. The van der Waals surface area contributed by atoms with Gasteiger partial charge in [-0.25, -0.2) is 0 Å². The quantitative estimate of drug-likeness (QED) is 0.707. The van der Waals surface area contributed by atoms with Crippen LogP contribution in [0.25, 0.3) is 0 Å². The van der Waals surface area contributed by atoms with Crippen LogP contribution in [0.2, 0.25) is 0 Å². The van der Waals surface area contributed by atoms with Crippen molar-refractivity contribution in [1.29, 1.82) is 0 Å². The van der Waals surface area contributed by atoms with Crippen molar-refractivity contribution in [2.75, 3.05) is 39.9 Å². The molecular formula is C19H20N2O5S. The third kappa shape index (κ3) is 4.46. The summed E-state index contributed by atoms with van der Waals surface area (Å²) in [5, 5.41) is 1.87. The molecule has 27 heavy (non-hydrogen) atoms. The predicted octanol–water partition coefficient (Wildman–Crippen LogP) is 1.93. The Morgan fingerprint density at radius 3 is 2.48 bits per heavy atom. The number of methoxy groups -OCH3 is 1. The van der Waals surface area contributed by atoms with Crippen molar-refractivity contribution in [1.82, 2.24) is 9.80 Å². The van der Waals surface area contributed by atoms with E-state index in [1.165, 1.54) is 24.5 Å². The van der Waals surface area contributed by atoms with Crippen molar-refractivity contribution >= 4 is 29.4 Å². The number of benzene rings is 1. The number of thiophene rings is 1. The number of amides is 2. The second-order valence-corrected chi connectivity index (χ2v) is 6.91.